The second-order valence-corrected chi connectivity index (χ2v) is 10.6. The number of hydrazine groups is 1. The van der Waals surface area contributed by atoms with Crippen LogP contribution < -0.4 is 4.74 Å². The predicted molar refractivity (Wildman–Crippen MR) is 135 cm³/mol. The van der Waals surface area contributed by atoms with Crippen LogP contribution in [-0.2, 0) is 21.0 Å². The Hall–Kier alpha value is -2.91. The van der Waals surface area contributed by atoms with Crippen molar-refractivity contribution in [1.82, 2.24) is 9.99 Å². The van der Waals surface area contributed by atoms with Crippen LogP contribution in [0.5, 0.6) is 5.75 Å². The van der Waals surface area contributed by atoms with Crippen LogP contribution in [0.25, 0.3) is 0 Å². The van der Waals surface area contributed by atoms with Gasteiger partial charge in [-0.05, 0) is 64.2 Å². The largest absolute Gasteiger partial charge is 0.569 e. The van der Waals surface area contributed by atoms with Crippen molar-refractivity contribution in [2.24, 2.45) is 11.2 Å². The number of carbonyl (C=O) groups excluding carboxylic acids is 1. The first-order valence-electron chi connectivity index (χ1n) is 12.1. The molecule has 0 saturated carbocycles. The van der Waals surface area contributed by atoms with Crippen molar-refractivity contribution >= 4 is 17.6 Å². The number of halogens is 1. The summed E-state index contributed by atoms with van der Waals surface area (Å²) < 4.78 is 11.8. The van der Waals surface area contributed by atoms with Gasteiger partial charge in [0.1, 0.15) is 12.7 Å². The predicted octanol–water partition coefficient (Wildman–Crippen LogP) is 5.91. The second-order valence-electron chi connectivity index (χ2n) is 10.1. The zero-order chi connectivity index (χ0) is 26.5. The number of benzene rings is 1. The summed E-state index contributed by atoms with van der Waals surface area (Å²) in [7, 11) is 1.65. The fraction of sp³-hybridized carbons (Fsp3) is 0.538. The molecule has 1 aromatic heterocycles. The number of nitrogens with zero attached hydrogens (tertiary/aromatic N) is 4. The van der Waals surface area contributed by atoms with Gasteiger partial charge in [-0.1, -0.05) is 30.7 Å². The molecule has 1 unspecified atom stereocenters. The van der Waals surface area contributed by atoms with Crippen molar-refractivity contribution in [3.05, 3.63) is 63.1 Å². The molecule has 1 aliphatic heterocycles. The number of aromatic nitrogens is 1. The van der Waals surface area contributed by atoms with Crippen LogP contribution in [0.15, 0.2) is 35.7 Å². The lowest BCUT2D eigenvalue weighted by Crippen LogP contribution is -2.42. The molecule has 0 fully saturated rings. The number of aryl methyl sites for hydroxylation is 1. The number of pyridine rings is 1. The number of rotatable bonds is 10. The van der Waals surface area contributed by atoms with Crippen molar-refractivity contribution in [3.63, 3.8) is 0 Å². The summed E-state index contributed by atoms with van der Waals surface area (Å²) in [6.07, 6.45) is 3.03. The van der Waals surface area contributed by atoms with E-state index in [-0.39, 0.29) is 36.6 Å². The third-order valence-corrected chi connectivity index (χ3v) is 6.56. The van der Waals surface area contributed by atoms with E-state index in [2.05, 4.69) is 10.3 Å². The van der Waals surface area contributed by atoms with E-state index in [9.17, 15) is 10.0 Å². The standard InChI is InChI=1S/C26H35ClN4O5/c1-17(13-14-35-29-31(33)30(6)26(3,4)5)7-12-23(32)36-24-18(2)28-15-21-22(24)16-34-25(21)19-8-10-20(27)11-9-19/h8-11,15,17,25H,7,12-14,16H2,1-6H3/b31-29+/t17?,25-/m0/s1. The molecule has 0 radical (unpaired) electrons. The lowest BCUT2D eigenvalue weighted by Gasteiger charge is -2.26. The van der Waals surface area contributed by atoms with E-state index in [0.29, 0.717) is 40.9 Å². The van der Waals surface area contributed by atoms with Crippen LogP contribution in [0.4, 0.5) is 0 Å². The van der Waals surface area contributed by atoms with Gasteiger partial charge in [-0.25, -0.2) is 0 Å². The highest BCUT2D eigenvalue weighted by molar-refractivity contribution is 6.30. The molecule has 2 atom stereocenters. The SMILES string of the molecule is Cc1ncc2c(c1OC(=O)CCC(C)CCO/N=[N+](/[O-])N(C)C(C)(C)C)CO[C@H]2c1ccc(Cl)cc1. The average molecular weight is 519 g/mol. The Kier molecular flexibility index (Phi) is 9.13. The van der Waals surface area contributed by atoms with Gasteiger partial charge in [-0.2, -0.15) is 0 Å². The molecule has 0 aliphatic carbocycles. The van der Waals surface area contributed by atoms with Crippen LogP contribution >= 0.6 is 11.6 Å². The van der Waals surface area contributed by atoms with Gasteiger partial charge >= 0.3 is 5.97 Å². The monoisotopic (exact) mass is 518 g/mol. The molecule has 0 amide bonds. The molecule has 3 rings (SSSR count). The van der Waals surface area contributed by atoms with Crippen molar-refractivity contribution in [2.75, 3.05) is 13.7 Å². The zero-order valence-electron chi connectivity index (χ0n) is 21.8. The number of esters is 1. The minimum atomic E-state index is -0.363. The Morgan fingerprint density at radius 2 is 2.03 bits per heavy atom. The van der Waals surface area contributed by atoms with Crippen LogP contribution in [0.2, 0.25) is 5.02 Å². The average Bonchev–Trinajstić information content (AvgIpc) is 3.26. The number of carbonyl (C=O) groups is 1. The Bertz CT molecular complexity index is 1080. The summed E-state index contributed by atoms with van der Waals surface area (Å²) in [6.45, 7) is 10.2. The first-order valence-corrected chi connectivity index (χ1v) is 12.4. The maximum Gasteiger partial charge on any atom is 0.311 e. The van der Waals surface area contributed by atoms with E-state index in [1.54, 1.807) is 13.2 Å². The fourth-order valence-electron chi connectivity index (χ4n) is 3.66. The number of hydrogen-bond donors (Lipinski definition) is 0. The molecule has 0 saturated heterocycles. The van der Waals surface area contributed by atoms with Gasteiger partial charge in [0.25, 0.3) is 0 Å². The zero-order valence-corrected chi connectivity index (χ0v) is 22.5. The van der Waals surface area contributed by atoms with Gasteiger partial charge in [0, 0.05) is 28.8 Å². The van der Waals surface area contributed by atoms with Crippen molar-refractivity contribution < 1.29 is 24.1 Å². The normalized spacial score (nSPS) is 16.4. The summed E-state index contributed by atoms with van der Waals surface area (Å²) in [5, 5.41) is 17.6. The van der Waals surface area contributed by atoms with E-state index in [4.69, 9.17) is 25.9 Å². The molecule has 9 nitrogen and oxygen atoms in total. The highest BCUT2D eigenvalue weighted by Crippen LogP contribution is 2.41. The minimum absolute atomic E-state index is 0.187. The van der Waals surface area contributed by atoms with Gasteiger partial charge in [-0.15, -0.1) is 5.01 Å². The molecule has 0 N–H and O–H groups in total. The quantitative estimate of drug-likeness (QED) is 0.127. The van der Waals surface area contributed by atoms with Crippen LogP contribution in [0.3, 0.4) is 0 Å². The fourth-order valence-corrected chi connectivity index (χ4v) is 3.79. The molecular formula is C26H35ClN4O5. The molecule has 1 aliphatic rings. The molecular weight excluding hydrogens is 484 g/mol. The number of hydrogen-bond acceptors (Lipinski definition) is 7. The van der Waals surface area contributed by atoms with Gasteiger partial charge < -0.3 is 19.5 Å². The summed E-state index contributed by atoms with van der Waals surface area (Å²) in [5.41, 5.74) is 2.99. The first-order chi connectivity index (χ1) is 17.0. The maximum atomic E-state index is 12.6. The number of ether oxygens (including phenoxy) is 2. The Morgan fingerprint density at radius 3 is 2.69 bits per heavy atom. The Balaban J connectivity index is 1.51. The van der Waals surface area contributed by atoms with Crippen LogP contribution in [0.1, 0.15) is 75.4 Å². The Morgan fingerprint density at radius 1 is 1.33 bits per heavy atom. The first kappa shape index (κ1) is 27.7. The topological polar surface area (TPSA) is 99.3 Å². The van der Waals surface area contributed by atoms with E-state index >= 15 is 0 Å². The smallest absolute Gasteiger partial charge is 0.311 e. The van der Waals surface area contributed by atoms with Gasteiger partial charge in [-0.3, -0.25) is 9.78 Å². The summed E-state index contributed by atoms with van der Waals surface area (Å²) in [5.74, 6) is 0.340. The van der Waals surface area contributed by atoms with Crippen LogP contribution in [-0.4, -0.2) is 40.1 Å². The minimum Gasteiger partial charge on any atom is -0.569 e. The molecule has 2 heterocycles. The number of fused-ring (bicyclic) bond motifs is 1. The molecule has 196 valence electrons. The van der Waals surface area contributed by atoms with E-state index in [1.807, 2.05) is 58.9 Å². The van der Waals surface area contributed by atoms with Crippen LogP contribution in [0, 0.1) is 18.0 Å². The third-order valence-electron chi connectivity index (χ3n) is 6.31. The molecule has 1 aromatic carbocycles. The van der Waals surface area contributed by atoms with Crippen molar-refractivity contribution in [2.45, 2.75) is 72.1 Å². The lowest BCUT2D eigenvalue weighted by atomic mass is 10.00. The molecule has 36 heavy (non-hydrogen) atoms. The van der Waals surface area contributed by atoms with E-state index in [1.165, 1.54) is 5.01 Å². The van der Waals surface area contributed by atoms with Crippen molar-refractivity contribution in [1.29, 1.82) is 0 Å². The molecule has 0 spiro atoms. The highest BCUT2D eigenvalue weighted by atomic mass is 35.5. The Labute approximate surface area is 217 Å². The lowest BCUT2D eigenvalue weighted by molar-refractivity contribution is -0.719. The van der Waals surface area contributed by atoms with E-state index in [0.717, 1.165) is 16.7 Å². The third kappa shape index (κ3) is 7.07. The second kappa shape index (κ2) is 11.9. The summed E-state index contributed by atoms with van der Waals surface area (Å²) >= 11 is 6.01. The highest BCUT2D eigenvalue weighted by Gasteiger charge is 2.30. The summed E-state index contributed by atoms with van der Waals surface area (Å²) in [4.78, 5) is 22.7. The molecule has 10 heteroatoms. The molecule has 0 bridgehead atoms. The maximum absolute atomic E-state index is 12.6. The molecule has 2 aromatic rings. The van der Waals surface area contributed by atoms with Gasteiger partial charge in [0.05, 0.1) is 29.9 Å². The van der Waals surface area contributed by atoms with Gasteiger partial charge in [0.2, 0.25) is 5.28 Å². The van der Waals surface area contributed by atoms with Gasteiger partial charge in [0.15, 0.2) is 5.75 Å². The summed E-state index contributed by atoms with van der Waals surface area (Å²) in [6, 6.07) is 7.48. The van der Waals surface area contributed by atoms with Crippen molar-refractivity contribution in [3.8, 4) is 5.75 Å². The van der Waals surface area contributed by atoms with E-state index < -0.39 is 0 Å².